The van der Waals surface area contributed by atoms with Gasteiger partial charge in [0.05, 0.1) is 5.60 Å². The van der Waals surface area contributed by atoms with Crippen molar-refractivity contribution in [2.24, 2.45) is 5.92 Å². The quantitative estimate of drug-likeness (QED) is 0.773. The van der Waals surface area contributed by atoms with Crippen molar-refractivity contribution in [3.05, 3.63) is 22.7 Å². The van der Waals surface area contributed by atoms with Crippen molar-refractivity contribution < 1.29 is 14.4 Å². The summed E-state index contributed by atoms with van der Waals surface area (Å²) in [5, 5.41) is 20.8. The maximum Gasteiger partial charge on any atom is 0.227 e. The molecule has 1 amide bonds. The van der Waals surface area contributed by atoms with E-state index in [1.807, 2.05) is 30.7 Å². The molecule has 0 saturated carbocycles. The molecular weight excluding hydrogens is 314 g/mol. The summed E-state index contributed by atoms with van der Waals surface area (Å²) in [4.78, 5) is 16.2. The second-order valence-corrected chi connectivity index (χ2v) is 6.75. The van der Waals surface area contributed by atoms with Crippen LogP contribution in [0.1, 0.15) is 39.5 Å². The highest BCUT2D eigenvalue weighted by Gasteiger charge is 2.27. The number of rotatable bonds is 8. The summed E-state index contributed by atoms with van der Waals surface area (Å²) in [6, 6.07) is 1.92. The van der Waals surface area contributed by atoms with E-state index in [4.69, 9.17) is 4.52 Å². The molecule has 2 aromatic heterocycles. The van der Waals surface area contributed by atoms with E-state index in [2.05, 4.69) is 15.5 Å². The summed E-state index contributed by atoms with van der Waals surface area (Å²) in [6.45, 7) is 5.97. The molecular formula is C16H23N3O3S. The average Bonchev–Trinajstić information content (AvgIpc) is 3.20. The normalized spacial score (nSPS) is 15.1. The van der Waals surface area contributed by atoms with E-state index in [9.17, 15) is 9.90 Å². The monoisotopic (exact) mass is 337 g/mol. The van der Waals surface area contributed by atoms with E-state index in [0.717, 1.165) is 12.0 Å². The second kappa shape index (κ2) is 7.70. The van der Waals surface area contributed by atoms with Crippen molar-refractivity contribution in [3.8, 4) is 11.4 Å². The first-order valence-electron chi connectivity index (χ1n) is 7.76. The van der Waals surface area contributed by atoms with Crippen LogP contribution in [-0.2, 0) is 11.2 Å². The number of aryl methyl sites for hydroxylation is 1. The molecule has 23 heavy (non-hydrogen) atoms. The van der Waals surface area contributed by atoms with E-state index in [0.29, 0.717) is 18.1 Å². The minimum atomic E-state index is -0.902. The molecule has 0 aromatic carbocycles. The molecule has 2 atom stereocenters. The number of thiophene rings is 1. The number of nitrogens with one attached hydrogen (secondary N) is 1. The standard InChI is InChI=1S/C16H23N3O3S/c1-4-11(2)16(3,21)10-17-13(20)5-6-14-18-15(19-22-14)12-7-8-23-9-12/h7-9,11,21H,4-6,10H2,1-3H3,(H,17,20). The van der Waals surface area contributed by atoms with Crippen molar-refractivity contribution in [1.29, 1.82) is 0 Å². The van der Waals surface area contributed by atoms with Gasteiger partial charge in [0.2, 0.25) is 17.6 Å². The molecule has 126 valence electrons. The van der Waals surface area contributed by atoms with Crippen LogP contribution < -0.4 is 5.32 Å². The van der Waals surface area contributed by atoms with Gasteiger partial charge < -0.3 is 14.9 Å². The molecule has 2 aromatic rings. The van der Waals surface area contributed by atoms with Crippen LogP contribution in [0.15, 0.2) is 21.3 Å². The molecule has 6 nitrogen and oxygen atoms in total. The Morgan fingerprint density at radius 1 is 1.57 bits per heavy atom. The predicted molar refractivity (Wildman–Crippen MR) is 89.0 cm³/mol. The van der Waals surface area contributed by atoms with Gasteiger partial charge in [0, 0.05) is 30.3 Å². The minimum absolute atomic E-state index is 0.118. The zero-order valence-electron chi connectivity index (χ0n) is 13.7. The first-order chi connectivity index (χ1) is 10.9. The van der Waals surface area contributed by atoms with E-state index in [1.54, 1.807) is 18.3 Å². The summed E-state index contributed by atoms with van der Waals surface area (Å²) in [5.74, 6) is 0.965. The maximum absolute atomic E-state index is 11.9. The van der Waals surface area contributed by atoms with Gasteiger partial charge in [-0.1, -0.05) is 25.4 Å². The lowest BCUT2D eigenvalue weighted by molar-refractivity contribution is -0.122. The van der Waals surface area contributed by atoms with Crippen molar-refractivity contribution in [1.82, 2.24) is 15.5 Å². The van der Waals surface area contributed by atoms with Gasteiger partial charge in [-0.3, -0.25) is 4.79 Å². The fourth-order valence-corrected chi connectivity index (χ4v) is 2.70. The first kappa shape index (κ1) is 17.6. The Kier molecular flexibility index (Phi) is 5.90. The Hall–Kier alpha value is -1.73. The van der Waals surface area contributed by atoms with Gasteiger partial charge in [-0.25, -0.2) is 0 Å². The van der Waals surface area contributed by atoms with E-state index < -0.39 is 5.60 Å². The van der Waals surface area contributed by atoms with Gasteiger partial charge in [0.25, 0.3) is 0 Å². The van der Waals surface area contributed by atoms with Crippen molar-refractivity contribution in [2.75, 3.05) is 6.54 Å². The topological polar surface area (TPSA) is 88.2 Å². The maximum atomic E-state index is 11.9. The number of carbonyl (C=O) groups excluding carboxylic acids is 1. The molecule has 0 bridgehead atoms. The van der Waals surface area contributed by atoms with Gasteiger partial charge in [-0.05, 0) is 24.3 Å². The van der Waals surface area contributed by atoms with E-state index in [1.165, 1.54) is 0 Å². The number of amides is 1. The molecule has 7 heteroatoms. The SMILES string of the molecule is CCC(C)C(C)(O)CNC(=O)CCc1nc(-c2ccsc2)no1. The number of aliphatic hydroxyl groups is 1. The molecule has 0 aliphatic carbocycles. The van der Waals surface area contributed by atoms with Crippen LogP contribution in [0.4, 0.5) is 0 Å². The molecule has 0 aliphatic rings. The lowest BCUT2D eigenvalue weighted by atomic mass is 9.88. The van der Waals surface area contributed by atoms with Crippen LogP contribution in [0, 0.1) is 5.92 Å². The summed E-state index contributed by atoms with van der Waals surface area (Å²) in [7, 11) is 0. The van der Waals surface area contributed by atoms with Crippen LogP contribution >= 0.6 is 11.3 Å². The molecule has 0 spiro atoms. The van der Waals surface area contributed by atoms with Crippen molar-refractivity contribution >= 4 is 17.2 Å². The Bertz CT molecular complexity index is 622. The summed E-state index contributed by atoms with van der Waals surface area (Å²) >= 11 is 1.57. The second-order valence-electron chi connectivity index (χ2n) is 5.97. The van der Waals surface area contributed by atoms with Gasteiger partial charge in [-0.15, -0.1) is 0 Å². The zero-order valence-corrected chi connectivity index (χ0v) is 14.5. The minimum Gasteiger partial charge on any atom is -0.388 e. The van der Waals surface area contributed by atoms with Gasteiger partial charge >= 0.3 is 0 Å². The molecule has 2 heterocycles. The molecule has 0 aliphatic heterocycles. The zero-order chi connectivity index (χ0) is 16.9. The third kappa shape index (κ3) is 4.87. The number of hydrogen-bond donors (Lipinski definition) is 2. The van der Waals surface area contributed by atoms with E-state index in [-0.39, 0.29) is 24.8 Å². The van der Waals surface area contributed by atoms with Crippen molar-refractivity contribution in [2.45, 2.75) is 45.6 Å². The Morgan fingerprint density at radius 3 is 3.00 bits per heavy atom. The predicted octanol–water partition coefficient (Wildman–Crippen LogP) is 2.64. The van der Waals surface area contributed by atoms with Crippen LogP contribution in [0.5, 0.6) is 0 Å². The number of aromatic nitrogens is 2. The number of hydrogen-bond acceptors (Lipinski definition) is 6. The Morgan fingerprint density at radius 2 is 2.35 bits per heavy atom. The molecule has 0 radical (unpaired) electrons. The van der Waals surface area contributed by atoms with E-state index >= 15 is 0 Å². The highest BCUT2D eigenvalue weighted by molar-refractivity contribution is 7.08. The van der Waals surface area contributed by atoms with Crippen LogP contribution in [0.2, 0.25) is 0 Å². The van der Waals surface area contributed by atoms with Crippen LogP contribution in [-0.4, -0.2) is 33.3 Å². The lowest BCUT2D eigenvalue weighted by Gasteiger charge is -2.29. The van der Waals surface area contributed by atoms with Crippen molar-refractivity contribution in [3.63, 3.8) is 0 Å². The molecule has 0 saturated heterocycles. The first-order valence-corrected chi connectivity index (χ1v) is 8.71. The Labute approximate surface area is 139 Å². The molecule has 2 N–H and O–H groups in total. The molecule has 0 fully saturated rings. The van der Waals surface area contributed by atoms with Gasteiger partial charge in [-0.2, -0.15) is 16.3 Å². The highest BCUT2D eigenvalue weighted by atomic mass is 32.1. The third-order valence-electron chi connectivity index (χ3n) is 4.13. The summed E-state index contributed by atoms with van der Waals surface area (Å²) in [5.41, 5.74) is 0.0140. The summed E-state index contributed by atoms with van der Waals surface area (Å²) < 4.78 is 5.15. The molecule has 2 unspecified atom stereocenters. The van der Waals surface area contributed by atoms with Gasteiger partial charge in [0.1, 0.15) is 0 Å². The third-order valence-corrected chi connectivity index (χ3v) is 4.81. The smallest absolute Gasteiger partial charge is 0.227 e. The Balaban J connectivity index is 1.79. The lowest BCUT2D eigenvalue weighted by Crippen LogP contribution is -2.45. The fourth-order valence-electron chi connectivity index (χ4n) is 2.07. The van der Waals surface area contributed by atoms with Gasteiger partial charge in [0.15, 0.2) is 0 Å². The highest BCUT2D eigenvalue weighted by Crippen LogP contribution is 2.20. The summed E-state index contributed by atoms with van der Waals surface area (Å²) in [6.07, 6.45) is 1.49. The number of nitrogens with zero attached hydrogens (tertiary/aromatic N) is 2. The fraction of sp³-hybridized carbons (Fsp3) is 0.562. The van der Waals surface area contributed by atoms with Crippen LogP contribution in [0.25, 0.3) is 11.4 Å². The largest absolute Gasteiger partial charge is 0.388 e. The van der Waals surface area contributed by atoms with Crippen LogP contribution in [0.3, 0.4) is 0 Å². The average molecular weight is 337 g/mol. The number of carbonyl (C=O) groups is 1. The molecule has 2 rings (SSSR count).